The van der Waals surface area contributed by atoms with Crippen molar-refractivity contribution in [3.05, 3.63) is 82.9 Å². The van der Waals surface area contributed by atoms with Gasteiger partial charge in [-0.1, -0.05) is 18.2 Å². The SMILES string of the molecule is O=C(COc1coc(CN2CCOCC2)cc1=O)Nc1ccc(Oc2ccccc2)cc1. The minimum Gasteiger partial charge on any atom is -0.477 e. The van der Waals surface area contributed by atoms with Gasteiger partial charge in [0.2, 0.25) is 11.2 Å². The highest BCUT2D eigenvalue weighted by Gasteiger charge is 2.14. The number of para-hydroxylation sites is 1. The summed E-state index contributed by atoms with van der Waals surface area (Å²) in [6.45, 7) is 3.15. The van der Waals surface area contributed by atoms with Gasteiger partial charge in [0.15, 0.2) is 6.61 Å². The normalized spacial score (nSPS) is 14.0. The molecule has 0 atom stereocenters. The molecule has 1 aromatic heterocycles. The summed E-state index contributed by atoms with van der Waals surface area (Å²) in [4.78, 5) is 26.6. The summed E-state index contributed by atoms with van der Waals surface area (Å²) < 4.78 is 21.9. The highest BCUT2D eigenvalue weighted by atomic mass is 16.5. The van der Waals surface area contributed by atoms with Crippen LogP contribution in [-0.2, 0) is 16.1 Å². The lowest BCUT2D eigenvalue weighted by Gasteiger charge is -2.25. The predicted octanol–water partition coefficient (Wildman–Crippen LogP) is 3.28. The van der Waals surface area contributed by atoms with E-state index < -0.39 is 5.91 Å². The lowest BCUT2D eigenvalue weighted by molar-refractivity contribution is -0.118. The Bertz CT molecular complexity index is 1080. The zero-order valence-corrected chi connectivity index (χ0v) is 17.5. The summed E-state index contributed by atoms with van der Waals surface area (Å²) in [6, 6.07) is 17.8. The van der Waals surface area contributed by atoms with Crippen LogP contribution in [0.5, 0.6) is 17.2 Å². The molecule has 3 aromatic rings. The van der Waals surface area contributed by atoms with Gasteiger partial charge in [-0.25, -0.2) is 0 Å². The van der Waals surface area contributed by atoms with Crippen molar-refractivity contribution in [2.75, 3.05) is 38.2 Å². The summed E-state index contributed by atoms with van der Waals surface area (Å²) >= 11 is 0. The van der Waals surface area contributed by atoms with Gasteiger partial charge in [-0.05, 0) is 36.4 Å². The Hall–Kier alpha value is -3.62. The van der Waals surface area contributed by atoms with Crippen molar-refractivity contribution in [2.24, 2.45) is 0 Å². The first-order valence-electron chi connectivity index (χ1n) is 10.3. The van der Waals surface area contributed by atoms with E-state index in [1.165, 1.54) is 12.3 Å². The topological polar surface area (TPSA) is 90.2 Å². The maximum Gasteiger partial charge on any atom is 0.262 e. The van der Waals surface area contributed by atoms with Crippen LogP contribution in [0.3, 0.4) is 0 Å². The number of anilines is 1. The Labute approximate surface area is 185 Å². The van der Waals surface area contributed by atoms with Gasteiger partial charge in [-0.3, -0.25) is 14.5 Å². The van der Waals surface area contributed by atoms with Crippen molar-refractivity contribution in [3.8, 4) is 17.2 Å². The Morgan fingerprint density at radius 2 is 1.72 bits per heavy atom. The van der Waals surface area contributed by atoms with Gasteiger partial charge in [-0.2, -0.15) is 0 Å². The molecule has 4 rings (SSSR count). The fourth-order valence-corrected chi connectivity index (χ4v) is 3.18. The molecule has 1 aliphatic rings. The molecule has 8 nitrogen and oxygen atoms in total. The molecule has 2 aromatic carbocycles. The molecule has 1 N–H and O–H groups in total. The van der Waals surface area contributed by atoms with E-state index in [1.807, 2.05) is 30.3 Å². The first-order chi connectivity index (χ1) is 15.7. The first kappa shape index (κ1) is 21.6. The monoisotopic (exact) mass is 436 g/mol. The molecule has 0 spiro atoms. The maximum atomic E-state index is 12.3. The van der Waals surface area contributed by atoms with Crippen molar-refractivity contribution in [1.29, 1.82) is 0 Å². The smallest absolute Gasteiger partial charge is 0.262 e. The molecule has 1 aliphatic heterocycles. The summed E-state index contributed by atoms with van der Waals surface area (Å²) in [7, 11) is 0. The molecular weight excluding hydrogens is 412 g/mol. The van der Waals surface area contributed by atoms with Gasteiger partial charge in [-0.15, -0.1) is 0 Å². The fraction of sp³-hybridized carbons (Fsp3) is 0.250. The quantitative estimate of drug-likeness (QED) is 0.580. The molecule has 0 saturated carbocycles. The number of hydrogen-bond acceptors (Lipinski definition) is 7. The van der Waals surface area contributed by atoms with Gasteiger partial charge in [0.1, 0.15) is 23.5 Å². The van der Waals surface area contributed by atoms with Crippen molar-refractivity contribution in [2.45, 2.75) is 6.54 Å². The number of nitrogens with one attached hydrogen (secondary N) is 1. The first-order valence-corrected chi connectivity index (χ1v) is 10.3. The van der Waals surface area contributed by atoms with E-state index in [4.69, 9.17) is 18.6 Å². The molecule has 1 fully saturated rings. The molecule has 1 saturated heterocycles. The van der Waals surface area contributed by atoms with Crippen LogP contribution in [0.1, 0.15) is 5.76 Å². The standard InChI is InChI=1S/C24H24N2O6/c27-22-14-21(15-26-10-12-29-13-11-26)30-16-23(22)31-17-24(28)25-18-6-8-20(9-7-18)32-19-4-2-1-3-5-19/h1-9,14,16H,10-13,15,17H2,(H,25,28). The second-order valence-corrected chi connectivity index (χ2v) is 7.24. The summed E-state index contributed by atoms with van der Waals surface area (Å²) in [6.07, 6.45) is 1.25. The van der Waals surface area contributed by atoms with Gasteiger partial charge in [0.25, 0.3) is 5.91 Å². The predicted molar refractivity (Wildman–Crippen MR) is 118 cm³/mol. The number of carbonyl (C=O) groups excluding carboxylic acids is 1. The average molecular weight is 436 g/mol. The maximum absolute atomic E-state index is 12.3. The number of rotatable bonds is 8. The van der Waals surface area contributed by atoms with E-state index in [1.54, 1.807) is 24.3 Å². The largest absolute Gasteiger partial charge is 0.477 e. The lowest BCUT2D eigenvalue weighted by atomic mass is 10.3. The highest BCUT2D eigenvalue weighted by Crippen LogP contribution is 2.22. The minimum absolute atomic E-state index is 0.00233. The number of ether oxygens (including phenoxy) is 3. The van der Waals surface area contributed by atoms with Crippen LogP contribution in [0.2, 0.25) is 0 Å². The van der Waals surface area contributed by atoms with Crippen LogP contribution in [0.4, 0.5) is 5.69 Å². The zero-order chi connectivity index (χ0) is 22.2. The molecule has 0 radical (unpaired) electrons. The Morgan fingerprint density at radius 3 is 2.44 bits per heavy atom. The fourth-order valence-electron chi connectivity index (χ4n) is 3.18. The van der Waals surface area contributed by atoms with Crippen molar-refractivity contribution in [1.82, 2.24) is 4.90 Å². The van der Waals surface area contributed by atoms with Crippen molar-refractivity contribution >= 4 is 11.6 Å². The Balaban J connectivity index is 1.26. The minimum atomic E-state index is -0.390. The Morgan fingerprint density at radius 1 is 1.00 bits per heavy atom. The van der Waals surface area contributed by atoms with Crippen molar-refractivity contribution < 1.29 is 23.4 Å². The number of hydrogen-bond donors (Lipinski definition) is 1. The van der Waals surface area contributed by atoms with Crippen LogP contribution in [0, 0.1) is 0 Å². The molecular formula is C24H24N2O6. The van der Waals surface area contributed by atoms with E-state index in [0.717, 1.165) is 18.8 Å². The van der Waals surface area contributed by atoms with Crippen LogP contribution >= 0.6 is 0 Å². The molecule has 0 unspecified atom stereocenters. The van der Waals surface area contributed by atoms with Crippen LogP contribution < -0.4 is 20.2 Å². The molecule has 0 aliphatic carbocycles. The lowest BCUT2D eigenvalue weighted by Crippen LogP contribution is -2.35. The highest BCUT2D eigenvalue weighted by molar-refractivity contribution is 5.91. The van der Waals surface area contributed by atoms with E-state index >= 15 is 0 Å². The molecule has 8 heteroatoms. The summed E-state index contributed by atoms with van der Waals surface area (Å²) in [5.41, 5.74) is 0.265. The second kappa shape index (κ2) is 10.6. The average Bonchev–Trinajstić information content (AvgIpc) is 2.81. The number of nitrogens with zero attached hydrogens (tertiary/aromatic N) is 1. The molecule has 1 amide bonds. The third-order valence-corrected chi connectivity index (χ3v) is 4.81. The number of amides is 1. The molecule has 2 heterocycles. The van der Waals surface area contributed by atoms with Gasteiger partial charge >= 0.3 is 0 Å². The summed E-state index contributed by atoms with van der Waals surface area (Å²) in [5.74, 6) is 1.54. The number of benzene rings is 2. The van der Waals surface area contributed by atoms with Crippen molar-refractivity contribution in [3.63, 3.8) is 0 Å². The van der Waals surface area contributed by atoms with Gasteiger partial charge in [0.05, 0.1) is 19.8 Å². The van der Waals surface area contributed by atoms with E-state index in [9.17, 15) is 9.59 Å². The zero-order valence-electron chi connectivity index (χ0n) is 17.5. The van der Waals surface area contributed by atoms with E-state index in [-0.39, 0.29) is 17.8 Å². The summed E-state index contributed by atoms with van der Waals surface area (Å²) in [5, 5.41) is 2.72. The van der Waals surface area contributed by atoms with Gasteiger partial charge in [0, 0.05) is 24.8 Å². The third-order valence-electron chi connectivity index (χ3n) is 4.81. The Kier molecular flexibility index (Phi) is 7.16. The van der Waals surface area contributed by atoms with Gasteiger partial charge < -0.3 is 23.9 Å². The van der Waals surface area contributed by atoms with Crippen LogP contribution in [-0.4, -0.2) is 43.7 Å². The van der Waals surface area contributed by atoms with Crippen LogP contribution in [0.15, 0.2) is 76.1 Å². The second-order valence-electron chi connectivity index (χ2n) is 7.24. The molecule has 0 bridgehead atoms. The number of morpholine rings is 1. The number of carbonyl (C=O) groups is 1. The molecule has 32 heavy (non-hydrogen) atoms. The molecule has 166 valence electrons. The van der Waals surface area contributed by atoms with Crippen LogP contribution in [0.25, 0.3) is 0 Å². The third kappa shape index (κ3) is 6.19. The van der Waals surface area contributed by atoms with E-state index in [2.05, 4.69) is 10.2 Å². The van der Waals surface area contributed by atoms with E-state index in [0.29, 0.717) is 37.0 Å².